The highest BCUT2D eigenvalue weighted by Crippen LogP contribution is 2.60. The molecule has 3 aliphatic carbocycles. The summed E-state index contributed by atoms with van der Waals surface area (Å²) in [6.45, 7) is 4.57. The molecule has 2 heterocycles. The standard InChI is InChI=1S/C26H39NO2/c1-24(2)22-9-12-26(29-24,17-23(22)27)20-14-19(13-18-5-7-21(28)8-6-18)15-25(16-20)10-3-4-11-25/h5-8,19-20,22-23,28H,3-4,9-17,27H2,1-2H3. The van der Waals surface area contributed by atoms with Gasteiger partial charge in [0.2, 0.25) is 0 Å². The summed E-state index contributed by atoms with van der Waals surface area (Å²) in [6.07, 6.45) is 14.3. The molecule has 1 aromatic rings. The van der Waals surface area contributed by atoms with E-state index in [9.17, 15) is 5.11 Å². The van der Waals surface area contributed by atoms with Crippen LogP contribution in [0.25, 0.3) is 0 Å². The molecule has 2 saturated heterocycles. The molecule has 2 aliphatic heterocycles. The molecule has 1 spiro atoms. The van der Waals surface area contributed by atoms with E-state index in [1.54, 1.807) is 0 Å². The molecule has 5 aliphatic rings. The number of hydrogen-bond acceptors (Lipinski definition) is 3. The Balaban J connectivity index is 1.42. The van der Waals surface area contributed by atoms with E-state index in [-0.39, 0.29) is 11.2 Å². The van der Waals surface area contributed by atoms with Crippen LogP contribution in [0.4, 0.5) is 0 Å². The molecule has 0 radical (unpaired) electrons. The highest BCUT2D eigenvalue weighted by Gasteiger charge is 2.59. The number of aromatic hydroxyl groups is 1. The van der Waals surface area contributed by atoms with Crippen molar-refractivity contribution in [1.29, 1.82) is 0 Å². The van der Waals surface area contributed by atoms with E-state index < -0.39 is 0 Å². The zero-order valence-electron chi connectivity index (χ0n) is 18.3. The molecule has 160 valence electrons. The lowest BCUT2D eigenvalue weighted by atomic mass is 9.54. The first kappa shape index (κ1) is 19.9. The minimum absolute atomic E-state index is 0.000876. The van der Waals surface area contributed by atoms with Crippen LogP contribution in [0, 0.1) is 23.2 Å². The van der Waals surface area contributed by atoms with Crippen molar-refractivity contribution in [2.45, 2.75) is 102 Å². The maximum absolute atomic E-state index is 9.66. The second-order valence-electron chi connectivity index (χ2n) is 11.6. The average Bonchev–Trinajstić information content (AvgIpc) is 3.09. The lowest BCUT2D eigenvalue weighted by molar-refractivity contribution is -0.273. The van der Waals surface area contributed by atoms with Crippen molar-refractivity contribution in [3.8, 4) is 5.75 Å². The fourth-order valence-electron chi connectivity index (χ4n) is 8.11. The summed E-state index contributed by atoms with van der Waals surface area (Å²) in [7, 11) is 0. The molecular weight excluding hydrogens is 358 g/mol. The van der Waals surface area contributed by atoms with Crippen LogP contribution in [0.2, 0.25) is 0 Å². The van der Waals surface area contributed by atoms with Crippen molar-refractivity contribution in [3.05, 3.63) is 29.8 Å². The van der Waals surface area contributed by atoms with Crippen LogP contribution in [-0.4, -0.2) is 22.4 Å². The molecule has 1 aromatic carbocycles. The third-order valence-electron chi connectivity index (χ3n) is 9.22. The average molecular weight is 398 g/mol. The Morgan fingerprint density at radius 1 is 1.03 bits per heavy atom. The Labute approximate surface area is 176 Å². The molecule has 0 aromatic heterocycles. The van der Waals surface area contributed by atoms with Crippen LogP contribution in [0.3, 0.4) is 0 Å². The van der Waals surface area contributed by atoms with Gasteiger partial charge in [-0.05, 0) is 107 Å². The van der Waals surface area contributed by atoms with Crippen LogP contribution in [0.5, 0.6) is 5.75 Å². The minimum atomic E-state index is -0.0807. The van der Waals surface area contributed by atoms with E-state index in [1.807, 2.05) is 12.1 Å². The highest BCUT2D eigenvalue weighted by atomic mass is 16.5. The first-order chi connectivity index (χ1) is 13.8. The molecular formula is C26H39NO2. The lowest BCUT2D eigenvalue weighted by Gasteiger charge is -2.62. The smallest absolute Gasteiger partial charge is 0.115 e. The van der Waals surface area contributed by atoms with Crippen molar-refractivity contribution in [2.75, 3.05) is 0 Å². The van der Waals surface area contributed by atoms with Crippen molar-refractivity contribution in [2.24, 2.45) is 28.9 Å². The number of ether oxygens (including phenoxy) is 1. The highest BCUT2D eigenvalue weighted by molar-refractivity contribution is 5.26. The van der Waals surface area contributed by atoms with Crippen molar-refractivity contribution >= 4 is 0 Å². The molecule has 29 heavy (non-hydrogen) atoms. The number of rotatable bonds is 3. The monoisotopic (exact) mass is 397 g/mol. The van der Waals surface area contributed by atoms with Crippen molar-refractivity contribution in [3.63, 3.8) is 0 Å². The Morgan fingerprint density at radius 3 is 2.41 bits per heavy atom. The zero-order valence-corrected chi connectivity index (χ0v) is 18.3. The van der Waals surface area contributed by atoms with E-state index in [2.05, 4.69) is 26.0 Å². The first-order valence-corrected chi connectivity index (χ1v) is 12.0. The zero-order chi connectivity index (χ0) is 20.3. The maximum atomic E-state index is 9.66. The van der Waals surface area contributed by atoms with Crippen LogP contribution in [-0.2, 0) is 11.2 Å². The third kappa shape index (κ3) is 3.53. The number of hydrogen-bond donors (Lipinski definition) is 2. The van der Waals surface area contributed by atoms with Crippen LogP contribution >= 0.6 is 0 Å². The van der Waals surface area contributed by atoms with Gasteiger partial charge in [-0.25, -0.2) is 0 Å². The minimum Gasteiger partial charge on any atom is -0.508 e. The van der Waals surface area contributed by atoms with E-state index >= 15 is 0 Å². The van der Waals surface area contributed by atoms with Gasteiger partial charge in [-0.2, -0.15) is 0 Å². The SMILES string of the molecule is CC1(C)OC2(C3CC(Cc4ccc(O)cc4)CC4(CCCC4)C3)CCC1C(N)C2. The maximum Gasteiger partial charge on any atom is 0.115 e. The van der Waals surface area contributed by atoms with Crippen LogP contribution in [0.1, 0.15) is 83.6 Å². The quantitative estimate of drug-likeness (QED) is 0.699. The molecule has 3 nitrogen and oxygen atoms in total. The van der Waals surface area contributed by atoms with Crippen molar-refractivity contribution in [1.82, 2.24) is 0 Å². The molecule has 5 atom stereocenters. The van der Waals surface area contributed by atoms with E-state index in [0.717, 1.165) is 12.8 Å². The molecule has 3 saturated carbocycles. The molecule has 5 fully saturated rings. The second kappa shape index (κ2) is 6.99. The van der Waals surface area contributed by atoms with E-state index in [1.165, 1.54) is 63.4 Å². The summed E-state index contributed by atoms with van der Waals surface area (Å²) in [5.74, 6) is 2.24. The molecule has 3 N–H and O–H groups in total. The number of benzene rings is 1. The molecule has 0 amide bonds. The largest absolute Gasteiger partial charge is 0.508 e. The molecule has 6 rings (SSSR count). The van der Waals surface area contributed by atoms with Gasteiger partial charge in [0.05, 0.1) is 11.2 Å². The number of phenols is 1. The molecule has 5 unspecified atom stereocenters. The summed E-state index contributed by atoms with van der Waals surface area (Å²) in [5.41, 5.74) is 8.52. The summed E-state index contributed by atoms with van der Waals surface area (Å²) >= 11 is 0. The topological polar surface area (TPSA) is 55.5 Å². The Morgan fingerprint density at radius 2 is 1.76 bits per heavy atom. The van der Waals surface area contributed by atoms with Crippen molar-refractivity contribution < 1.29 is 9.84 Å². The van der Waals surface area contributed by atoms with Gasteiger partial charge in [0.25, 0.3) is 0 Å². The first-order valence-electron chi connectivity index (χ1n) is 12.0. The van der Waals surface area contributed by atoms with Crippen LogP contribution < -0.4 is 5.73 Å². The fourth-order valence-corrected chi connectivity index (χ4v) is 8.11. The summed E-state index contributed by atoms with van der Waals surface area (Å²) in [4.78, 5) is 0. The summed E-state index contributed by atoms with van der Waals surface area (Å²) in [6, 6.07) is 8.20. The third-order valence-corrected chi connectivity index (χ3v) is 9.22. The Bertz CT molecular complexity index is 736. The summed E-state index contributed by atoms with van der Waals surface area (Å²) in [5, 5.41) is 9.66. The number of nitrogens with two attached hydrogens (primary N) is 1. The van der Waals surface area contributed by atoms with Crippen LogP contribution in [0.15, 0.2) is 24.3 Å². The number of phenolic OH excluding ortho intramolecular Hbond substituents is 1. The predicted molar refractivity (Wildman–Crippen MR) is 117 cm³/mol. The van der Waals surface area contributed by atoms with Gasteiger partial charge in [0.1, 0.15) is 5.75 Å². The predicted octanol–water partition coefficient (Wildman–Crippen LogP) is 5.59. The summed E-state index contributed by atoms with van der Waals surface area (Å²) < 4.78 is 6.97. The lowest BCUT2D eigenvalue weighted by Crippen LogP contribution is -2.66. The van der Waals surface area contributed by atoms with Gasteiger partial charge in [-0.15, -0.1) is 0 Å². The molecule has 2 bridgehead atoms. The van der Waals surface area contributed by atoms with E-state index in [4.69, 9.17) is 10.5 Å². The Hall–Kier alpha value is -1.06. The Kier molecular flexibility index (Phi) is 4.79. The van der Waals surface area contributed by atoms with Gasteiger partial charge >= 0.3 is 0 Å². The van der Waals surface area contributed by atoms with Gasteiger partial charge < -0.3 is 15.6 Å². The second-order valence-corrected chi connectivity index (χ2v) is 11.6. The number of fused-ring (bicyclic) bond motifs is 3. The van der Waals surface area contributed by atoms with Gasteiger partial charge in [0, 0.05) is 12.0 Å². The molecule has 3 heteroatoms. The van der Waals surface area contributed by atoms with Gasteiger partial charge in [0.15, 0.2) is 0 Å². The van der Waals surface area contributed by atoms with Gasteiger partial charge in [-0.1, -0.05) is 25.0 Å². The fraction of sp³-hybridized carbons (Fsp3) is 0.769. The van der Waals surface area contributed by atoms with Gasteiger partial charge in [-0.3, -0.25) is 0 Å². The normalized spacial score (nSPS) is 40.4. The van der Waals surface area contributed by atoms with E-state index in [0.29, 0.717) is 35.0 Å².